The zero-order valence-corrected chi connectivity index (χ0v) is 17.3. The second-order valence-corrected chi connectivity index (χ2v) is 7.81. The lowest BCUT2D eigenvalue weighted by molar-refractivity contribution is -0.132. The van der Waals surface area contributed by atoms with E-state index < -0.39 is 0 Å². The summed E-state index contributed by atoms with van der Waals surface area (Å²) in [6.45, 7) is 3.71. The van der Waals surface area contributed by atoms with Gasteiger partial charge in [-0.1, -0.05) is 60.7 Å². The lowest BCUT2D eigenvalue weighted by Crippen LogP contribution is -2.49. The van der Waals surface area contributed by atoms with Crippen LogP contribution in [0.3, 0.4) is 0 Å². The van der Waals surface area contributed by atoms with Gasteiger partial charge in [-0.15, -0.1) is 5.10 Å². The van der Waals surface area contributed by atoms with Gasteiger partial charge in [0.1, 0.15) is 0 Å². The number of amides is 1. The van der Waals surface area contributed by atoms with Crippen molar-refractivity contribution in [3.05, 3.63) is 84.2 Å². The van der Waals surface area contributed by atoms with Crippen LogP contribution in [0.25, 0.3) is 16.5 Å². The molecule has 1 aliphatic rings. The number of carbonyl (C=O) groups excluding carboxylic acids is 1. The van der Waals surface area contributed by atoms with Crippen LogP contribution < -0.4 is 0 Å². The number of nitrogens with zero attached hydrogens (tertiary/aromatic N) is 6. The first-order valence-corrected chi connectivity index (χ1v) is 10.6. The van der Waals surface area contributed by atoms with E-state index in [0.29, 0.717) is 13.0 Å². The summed E-state index contributed by atoms with van der Waals surface area (Å²) in [5, 5.41) is 14.5. The number of tetrazole rings is 1. The Kier molecular flexibility index (Phi) is 5.41. The fourth-order valence-corrected chi connectivity index (χ4v) is 4.15. The minimum atomic E-state index is 0.185. The summed E-state index contributed by atoms with van der Waals surface area (Å²) < 4.78 is 1.78. The monoisotopic (exact) mass is 412 g/mol. The summed E-state index contributed by atoms with van der Waals surface area (Å²) in [5.74, 6) is 0.992. The van der Waals surface area contributed by atoms with Gasteiger partial charge in [-0.2, -0.15) is 4.68 Å². The van der Waals surface area contributed by atoms with Crippen LogP contribution in [0.1, 0.15) is 11.4 Å². The fourth-order valence-electron chi connectivity index (χ4n) is 4.15. The zero-order chi connectivity index (χ0) is 21.0. The smallest absolute Gasteiger partial charge is 0.227 e. The van der Waals surface area contributed by atoms with Crippen LogP contribution in [0.15, 0.2) is 72.8 Å². The van der Waals surface area contributed by atoms with Crippen molar-refractivity contribution in [2.45, 2.75) is 13.0 Å². The van der Waals surface area contributed by atoms with Gasteiger partial charge in [0.2, 0.25) is 5.91 Å². The van der Waals surface area contributed by atoms with Crippen LogP contribution in [0, 0.1) is 0 Å². The van der Waals surface area contributed by atoms with Crippen molar-refractivity contribution in [2.75, 3.05) is 26.2 Å². The summed E-state index contributed by atoms with van der Waals surface area (Å²) in [6.07, 6.45) is 0.438. The summed E-state index contributed by atoms with van der Waals surface area (Å²) in [4.78, 5) is 17.2. The van der Waals surface area contributed by atoms with Gasteiger partial charge in [0.15, 0.2) is 5.82 Å². The molecule has 31 heavy (non-hydrogen) atoms. The first-order valence-electron chi connectivity index (χ1n) is 10.6. The summed E-state index contributed by atoms with van der Waals surface area (Å²) in [5.41, 5.74) is 2.04. The van der Waals surface area contributed by atoms with Gasteiger partial charge < -0.3 is 4.90 Å². The molecule has 1 aromatic heterocycles. The van der Waals surface area contributed by atoms with E-state index in [1.54, 1.807) is 4.68 Å². The van der Waals surface area contributed by atoms with Crippen molar-refractivity contribution in [2.24, 2.45) is 0 Å². The van der Waals surface area contributed by atoms with E-state index in [1.807, 2.05) is 53.4 Å². The minimum absolute atomic E-state index is 0.185. The molecule has 0 atom stereocenters. The predicted molar refractivity (Wildman–Crippen MR) is 119 cm³/mol. The van der Waals surface area contributed by atoms with Crippen molar-refractivity contribution < 1.29 is 4.79 Å². The van der Waals surface area contributed by atoms with Gasteiger partial charge in [0.25, 0.3) is 0 Å². The number of carbonyl (C=O) groups is 1. The molecule has 3 aromatic carbocycles. The SMILES string of the molecule is O=C(Cc1cccc2ccccc12)N1CCN(Cc2nnnn2-c2ccccc2)CC1. The third kappa shape index (κ3) is 4.18. The fraction of sp³-hybridized carbons (Fsp3) is 0.250. The molecular formula is C24H24N6O. The number of hydrogen-bond donors (Lipinski definition) is 0. The van der Waals surface area contributed by atoms with Gasteiger partial charge in [0.05, 0.1) is 18.7 Å². The highest BCUT2D eigenvalue weighted by molar-refractivity contribution is 5.90. The summed E-state index contributed by atoms with van der Waals surface area (Å²) in [7, 11) is 0. The Bertz CT molecular complexity index is 1180. The predicted octanol–water partition coefficient (Wildman–Crippen LogP) is 2.70. The minimum Gasteiger partial charge on any atom is -0.340 e. The largest absolute Gasteiger partial charge is 0.340 e. The average molecular weight is 412 g/mol. The van der Waals surface area contributed by atoms with Crippen molar-refractivity contribution >= 4 is 16.7 Å². The molecule has 5 rings (SSSR count). The molecule has 7 nitrogen and oxygen atoms in total. The maximum atomic E-state index is 12.9. The third-order valence-electron chi connectivity index (χ3n) is 5.85. The highest BCUT2D eigenvalue weighted by atomic mass is 16.2. The van der Waals surface area contributed by atoms with Crippen LogP contribution >= 0.6 is 0 Å². The maximum absolute atomic E-state index is 12.9. The zero-order valence-electron chi connectivity index (χ0n) is 17.3. The first kappa shape index (κ1) is 19.4. The molecule has 0 bridgehead atoms. The van der Waals surface area contributed by atoms with Crippen LogP contribution in [0.5, 0.6) is 0 Å². The van der Waals surface area contributed by atoms with Gasteiger partial charge in [-0.3, -0.25) is 9.69 Å². The normalized spacial score (nSPS) is 14.8. The van der Waals surface area contributed by atoms with E-state index in [-0.39, 0.29) is 5.91 Å². The van der Waals surface area contributed by atoms with E-state index in [1.165, 1.54) is 5.39 Å². The van der Waals surface area contributed by atoms with Crippen LogP contribution in [-0.2, 0) is 17.8 Å². The number of aromatic nitrogens is 4. The lowest BCUT2D eigenvalue weighted by Gasteiger charge is -2.34. The van der Waals surface area contributed by atoms with Crippen LogP contribution in [0.4, 0.5) is 0 Å². The number of rotatable bonds is 5. The second-order valence-electron chi connectivity index (χ2n) is 7.81. The molecule has 7 heteroatoms. The van der Waals surface area contributed by atoms with Gasteiger partial charge in [0, 0.05) is 26.2 Å². The van der Waals surface area contributed by atoms with Gasteiger partial charge in [-0.05, 0) is 38.9 Å². The Balaban J connectivity index is 1.20. The Morgan fingerprint density at radius 2 is 1.58 bits per heavy atom. The molecule has 1 aliphatic heterocycles. The molecule has 0 N–H and O–H groups in total. The Hall–Kier alpha value is -3.58. The second kappa shape index (κ2) is 8.65. The molecule has 156 valence electrons. The summed E-state index contributed by atoms with van der Waals surface area (Å²) >= 11 is 0. The van der Waals surface area contributed by atoms with Crippen LogP contribution in [-0.4, -0.2) is 62.1 Å². The molecule has 1 saturated heterocycles. The topological polar surface area (TPSA) is 67.2 Å². The molecule has 0 spiro atoms. The number of piperazine rings is 1. The highest BCUT2D eigenvalue weighted by Crippen LogP contribution is 2.20. The van der Waals surface area contributed by atoms with Gasteiger partial charge in [-0.25, -0.2) is 0 Å². The van der Waals surface area contributed by atoms with E-state index in [0.717, 1.165) is 48.6 Å². The Morgan fingerprint density at radius 1 is 0.839 bits per heavy atom. The molecule has 4 aromatic rings. The number of para-hydroxylation sites is 1. The first-order chi connectivity index (χ1) is 15.3. The van der Waals surface area contributed by atoms with Crippen molar-refractivity contribution in [1.82, 2.24) is 30.0 Å². The quantitative estimate of drug-likeness (QED) is 0.504. The molecule has 1 fully saturated rings. The molecular weight excluding hydrogens is 388 g/mol. The Labute approximate surface area is 180 Å². The third-order valence-corrected chi connectivity index (χ3v) is 5.85. The highest BCUT2D eigenvalue weighted by Gasteiger charge is 2.23. The Morgan fingerprint density at radius 3 is 2.42 bits per heavy atom. The van der Waals surface area contributed by atoms with E-state index in [2.05, 4.69) is 44.7 Å². The molecule has 0 unspecified atom stereocenters. The number of hydrogen-bond acceptors (Lipinski definition) is 5. The van der Waals surface area contributed by atoms with Crippen LogP contribution in [0.2, 0.25) is 0 Å². The maximum Gasteiger partial charge on any atom is 0.227 e. The molecule has 0 aliphatic carbocycles. The molecule has 0 radical (unpaired) electrons. The van der Waals surface area contributed by atoms with Crippen molar-refractivity contribution in [3.63, 3.8) is 0 Å². The van der Waals surface area contributed by atoms with E-state index in [9.17, 15) is 4.79 Å². The van der Waals surface area contributed by atoms with E-state index in [4.69, 9.17) is 0 Å². The van der Waals surface area contributed by atoms with E-state index >= 15 is 0 Å². The molecule has 0 saturated carbocycles. The number of benzene rings is 3. The lowest BCUT2D eigenvalue weighted by atomic mass is 10.0. The van der Waals surface area contributed by atoms with Gasteiger partial charge >= 0.3 is 0 Å². The van der Waals surface area contributed by atoms with Crippen molar-refractivity contribution in [3.8, 4) is 5.69 Å². The number of fused-ring (bicyclic) bond motifs is 1. The molecule has 1 amide bonds. The standard InChI is InChI=1S/C24H24N6O/c31-24(17-20-9-6-8-19-7-4-5-12-22(19)20)29-15-13-28(14-16-29)18-23-25-26-27-30(23)21-10-2-1-3-11-21/h1-12H,13-18H2. The average Bonchev–Trinajstić information content (AvgIpc) is 3.28. The van der Waals surface area contributed by atoms with Crippen molar-refractivity contribution in [1.29, 1.82) is 0 Å². The molecule has 2 heterocycles. The summed E-state index contributed by atoms with van der Waals surface area (Å²) in [6, 6.07) is 24.3.